The van der Waals surface area contributed by atoms with Crippen molar-refractivity contribution in [2.24, 2.45) is 0 Å². The molecule has 0 unspecified atom stereocenters. The number of nitrogens with zero attached hydrogens (tertiary/aromatic N) is 5. The number of aromatic nitrogens is 4. The van der Waals surface area contributed by atoms with Gasteiger partial charge in [0.1, 0.15) is 5.69 Å². The molecule has 62 valence electrons. The number of rotatable bonds is 1. The van der Waals surface area contributed by atoms with Gasteiger partial charge in [0, 0.05) is 6.20 Å². The first kappa shape index (κ1) is 7.36. The molecule has 6 heteroatoms. The van der Waals surface area contributed by atoms with E-state index in [0.717, 1.165) is 0 Å². The SMILES string of the molecule is N#Cc1nc(-c2cccnn2)no1. The van der Waals surface area contributed by atoms with Gasteiger partial charge in [-0.3, -0.25) is 0 Å². The van der Waals surface area contributed by atoms with E-state index in [4.69, 9.17) is 5.26 Å². The van der Waals surface area contributed by atoms with Gasteiger partial charge in [0.15, 0.2) is 6.07 Å². The molecule has 0 N–H and O–H groups in total. The molecule has 0 aliphatic heterocycles. The van der Waals surface area contributed by atoms with E-state index in [-0.39, 0.29) is 11.7 Å². The highest BCUT2D eigenvalue weighted by Gasteiger charge is 2.08. The Morgan fingerprint density at radius 3 is 3.00 bits per heavy atom. The summed E-state index contributed by atoms with van der Waals surface area (Å²) in [5.74, 6) is 0.185. The molecule has 0 fully saturated rings. The van der Waals surface area contributed by atoms with Crippen LogP contribution in [0.25, 0.3) is 11.5 Å². The molecule has 0 bridgehead atoms. The molecule has 0 aliphatic rings. The van der Waals surface area contributed by atoms with Crippen molar-refractivity contribution in [1.29, 1.82) is 5.26 Å². The first-order chi connectivity index (χ1) is 6.40. The third-order valence-electron chi connectivity index (χ3n) is 1.32. The van der Waals surface area contributed by atoms with Gasteiger partial charge >= 0.3 is 5.89 Å². The smallest absolute Gasteiger partial charge is 0.322 e. The lowest BCUT2D eigenvalue weighted by Crippen LogP contribution is -1.87. The normalized spacial score (nSPS) is 9.46. The first-order valence-corrected chi connectivity index (χ1v) is 3.42. The third-order valence-corrected chi connectivity index (χ3v) is 1.32. The van der Waals surface area contributed by atoms with Crippen molar-refractivity contribution in [3.8, 4) is 17.6 Å². The van der Waals surface area contributed by atoms with Crippen molar-refractivity contribution in [3.05, 3.63) is 24.2 Å². The fraction of sp³-hybridized carbons (Fsp3) is 0. The van der Waals surface area contributed by atoms with Crippen LogP contribution in [0, 0.1) is 11.3 Å². The van der Waals surface area contributed by atoms with E-state index in [9.17, 15) is 0 Å². The van der Waals surface area contributed by atoms with Gasteiger partial charge in [0.05, 0.1) is 0 Å². The Balaban J connectivity index is 2.43. The topological polar surface area (TPSA) is 88.5 Å². The van der Waals surface area contributed by atoms with E-state index in [0.29, 0.717) is 5.69 Å². The molecule has 0 saturated carbocycles. The van der Waals surface area contributed by atoms with Crippen LogP contribution in [-0.4, -0.2) is 20.3 Å². The number of hydrogen-bond donors (Lipinski definition) is 0. The molecule has 0 atom stereocenters. The predicted octanol–water partition coefficient (Wildman–Crippen LogP) is 0.398. The predicted molar refractivity (Wildman–Crippen MR) is 40.0 cm³/mol. The number of hydrogen-bond acceptors (Lipinski definition) is 6. The molecule has 0 amide bonds. The average Bonchev–Trinajstić information content (AvgIpc) is 2.67. The van der Waals surface area contributed by atoms with Crippen LogP contribution >= 0.6 is 0 Å². The zero-order valence-electron chi connectivity index (χ0n) is 6.38. The van der Waals surface area contributed by atoms with Crippen LogP contribution in [0.5, 0.6) is 0 Å². The second-order valence-corrected chi connectivity index (χ2v) is 2.14. The number of nitriles is 1. The lowest BCUT2D eigenvalue weighted by Gasteiger charge is -1.87. The van der Waals surface area contributed by atoms with Crippen molar-refractivity contribution >= 4 is 0 Å². The molecule has 13 heavy (non-hydrogen) atoms. The molecular formula is C7H3N5O. The highest BCUT2D eigenvalue weighted by Crippen LogP contribution is 2.09. The van der Waals surface area contributed by atoms with E-state index in [2.05, 4.69) is 24.9 Å². The second-order valence-electron chi connectivity index (χ2n) is 2.14. The maximum atomic E-state index is 8.42. The fourth-order valence-electron chi connectivity index (χ4n) is 0.794. The van der Waals surface area contributed by atoms with Crippen molar-refractivity contribution in [3.63, 3.8) is 0 Å². The van der Waals surface area contributed by atoms with Gasteiger partial charge in [-0.15, -0.1) is 5.10 Å². The molecule has 0 saturated heterocycles. The molecule has 2 aromatic heterocycles. The van der Waals surface area contributed by atoms with Crippen LogP contribution in [0.2, 0.25) is 0 Å². The zero-order chi connectivity index (χ0) is 9.10. The molecule has 0 spiro atoms. The Morgan fingerprint density at radius 1 is 1.46 bits per heavy atom. The van der Waals surface area contributed by atoms with Crippen LogP contribution in [0.4, 0.5) is 0 Å². The second kappa shape index (κ2) is 2.98. The maximum absolute atomic E-state index is 8.42. The van der Waals surface area contributed by atoms with Gasteiger partial charge in [-0.1, -0.05) is 5.16 Å². The van der Waals surface area contributed by atoms with Gasteiger partial charge in [-0.2, -0.15) is 15.3 Å². The molecule has 2 aromatic rings. The summed E-state index contributed by atoms with van der Waals surface area (Å²) in [5, 5.41) is 19.4. The van der Waals surface area contributed by atoms with Crippen LogP contribution in [0.15, 0.2) is 22.9 Å². The minimum absolute atomic E-state index is 0.0827. The quantitative estimate of drug-likeness (QED) is 0.620. The minimum atomic E-state index is -0.0827. The zero-order valence-corrected chi connectivity index (χ0v) is 6.38. The summed E-state index contributed by atoms with van der Waals surface area (Å²) >= 11 is 0. The monoisotopic (exact) mass is 173 g/mol. The first-order valence-electron chi connectivity index (χ1n) is 3.42. The van der Waals surface area contributed by atoms with E-state index in [1.807, 2.05) is 0 Å². The Hall–Kier alpha value is -2.29. The van der Waals surface area contributed by atoms with Crippen molar-refractivity contribution in [2.45, 2.75) is 0 Å². The third kappa shape index (κ3) is 1.35. The fourth-order valence-corrected chi connectivity index (χ4v) is 0.794. The average molecular weight is 173 g/mol. The largest absolute Gasteiger partial charge is 0.329 e. The van der Waals surface area contributed by atoms with Crippen LogP contribution < -0.4 is 0 Å². The molecule has 0 aromatic carbocycles. The summed E-state index contributed by atoms with van der Waals surface area (Å²) in [7, 11) is 0. The van der Waals surface area contributed by atoms with Gasteiger partial charge in [0.25, 0.3) is 0 Å². The molecule has 2 rings (SSSR count). The van der Waals surface area contributed by atoms with Gasteiger partial charge in [-0.25, -0.2) is 0 Å². The Bertz CT molecular complexity index is 443. The standard InChI is InChI=1S/C7H3N5O/c8-4-6-10-7(12-13-6)5-2-1-3-9-11-5/h1-3H. The van der Waals surface area contributed by atoms with Crippen LogP contribution in [0.3, 0.4) is 0 Å². The lowest BCUT2D eigenvalue weighted by molar-refractivity contribution is 0.408. The maximum Gasteiger partial charge on any atom is 0.329 e. The van der Waals surface area contributed by atoms with Crippen molar-refractivity contribution in [2.75, 3.05) is 0 Å². The van der Waals surface area contributed by atoms with Gasteiger partial charge in [0.2, 0.25) is 5.82 Å². The van der Waals surface area contributed by atoms with E-state index < -0.39 is 0 Å². The van der Waals surface area contributed by atoms with E-state index in [1.54, 1.807) is 18.2 Å². The Morgan fingerprint density at radius 2 is 2.38 bits per heavy atom. The molecule has 2 heterocycles. The summed E-state index contributed by atoms with van der Waals surface area (Å²) in [4.78, 5) is 3.76. The summed E-state index contributed by atoms with van der Waals surface area (Å²) < 4.78 is 4.58. The lowest BCUT2D eigenvalue weighted by atomic mass is 10.4. The summed E-state index contributed by atoms with van der Waals surface area (Å²) in [6.07, 6.45) is 1.54. The molecule has 0 aliphatic carbocycles. The summed E-state index contributed by atoms with van der Waals surface area (Å²) in [6, 6.07) is 5.11. The van der Waals surface area contributed by atoms with E-state index in [1.165, 1.54) is 6.20 Å². The minimum Gasteiger partial charge on any atom is -0.322 e. The van der Waals surface area contributed by atoms with Crippen LogP contribution in [0.1, 0.15) is 5.89 Å². The van der Waals surface area contributed by atoms with Crippen molar-refractivity contribution in [1.82, 2.24) is 20.3 Å². The highest BCUT2D eigenvalue weighted by atomic mass is 16.5. The van der Waals surface area contributed by atoms with E-state index >= 15 is 0 Å². The van der Waals surface area contributed by atoms with Gasteiger partial charge in [-0.05, 0) is 12.1 Å². The highest BCUT2D eigenvalue weighted by molar-refractivity contribution is 5.46. The Labute approximate surface area is 72.8 Å². The summed E-state index contributed by atoms with van der Waals surface area (Å²) in [6.45, 7) is 0. The van der Waals surface area contributed by atoms with Crippen molar-refractivity contribution < 1.29 is 4.52 Å². The summed E-state index contributed by atoms with van der Waals surface area (Å²) in [5.41, 5.74) is 0.479. The molecule has 6 nitrogen and oxygen atoms in total. The van der Waals surface area contributed by atoms with Crippen LogP contribution in [-0.2, 0) is 0 Å². The molecule has 0 radical (unpaired) electrons. The Kier molecular flexibility index (Phi) is 1.69. The van der Waals surface area contributed by atoms with Gasteiger partial charge < -0.3 is 4.52 Å². The molecular weight excluding hydrogens is 170 g/mol.